The summed E-state index contributed by atoms with van der Waals surface area (Å²) >= 11 is 3.47. The van der Waals surface area contributed by atoms with Crippen molar-refractivity contribution in [3.8, 4) is 17.2 Å². The third kappa shape index (κ3) is 7.53. The van der Waals surface area contributed by atoms with Gasteiger partial charge in [-0.25, -0.2) is 10.4 Å². The smallest absolute Gasteiger partial charge is 0.266 e. The molecule has 212 valence electrons. The predicted molar refractivity (Wildman–Crippen MR) is 156 cm³/mol. The van der Waals surface area contributed by atoms with Crippen molar-refractivity contribution in [3.05, 3.63) is 87.9 Å². The number of benzene rings is 3. The van der Waals surface area contributed by atoms with Gasteiger partial charge in [0, 0.05) is 36.0 Å². The highest BCUT2D eigenvalue weighted by Gasteiger charge is 2.44. The Morgan fingerprint density at radius 1 is 1.05 bits per heavy atom. The lowest BCUT2D eigenvalue weighted by Crippen LogP contribution is -2.53. The van der Waals surface area contributed by atoms with E-state index in [-0.39, 0.29) is 19.1 Å². The van der Waals surface area contributed by atoms with E-state index in [1.54, 1.807) is 14.2 Å². The highest BCUT2D eigenvalue weighted by molar-refractivity contribution is 9.10. The minimum atomic E-state index is -1.15. The molecular formula is C30H34BrN3O6. The zero-order valence-corrected chi connectivity index (χ0v) is 24.2. The number of amides is 1. The Morgan fingerprint density at radius 2 is 1.80 bits per heavy atom. The Labute approximate surface area is 242 Å². The van der Waals surface area contributed by atoms with Gasteiger partial charge in [0.1, 0.15) is 23.9 Å². The Morgan fingerprint density at radius 3 is 2.50 bits per heavy atom. The highest BCUT2D eigenvalue weighted by atomic mass is 79.9. The molecule has 0 saturated heterocycles. The number of nitrogens with one attached hydrogen (secondary N) is 2. The number of aliphatic hydroxyl groups is 1. The van der Waals surface area contributed by atoms with Crippen LogP contribution in [0.5, 0.6) is 17.2 Å². The molecule has 1 aliphatic heterocycles. The molecule has 4 rings (SSSR count). The van der Waals surface area contributed by atoms with E-state index < -0.39 is 5.54 Å². The average Bonchev–Trinajstić information content (AvgIpc) is 3.42. The molecule has 3 N–H and O–H groups in total. The first-order valence-electron chi connectivity index (χ1n) is 13.0. The minimum Gasteiger partial charge on any atom is -0.497 e. The third-order valence-corrected chi connectivity index (χ3v) is 7.01. The third-order valence-electron chi connectivity index (χ3n) is 6.48. The van der Waals surface area contributed by atoms with Crippen molar-refractivity contribution < 1.29 is 28.8 Å². The summed E-state index contributed by atoms with van der Waals surface area (Å²) in [5.74, 6) is 2.29. The number of halogens is 1. The zero-order valence-electron chi connectivity index (χ0n) is 22.6. The number of hydrazine groups is 1. The molecule has 0 unspecified atom stereocenters. The Hall–Kier alpha value is -3.60. The number of rotatable bonds is 14. The number of methoxy groups -OCH3 is 2. The van der Waals surface area contributed by atoms with Crippen LogP contribution in [0.15, 0.2) is 76.2 Å². The Balaban J connectivity index is 1.47. The van der Waals surface area contributed by atoms with Crippen LogP contribution >= 0.6 is 15.9 Å². The van der Waals surface area contributed by atoms with E-state index in [0.717, 1.165) is 32.7 Å². The number of aliphatic imine (C=N–C) groups is 1. The largest absolute Gasteiger partial charge is 0.497 e. The monoisotopic (exact) mass is 611 g/mol. The van der Waals surface area contributed by atoms with E-state index in [1.807, 2.05) is 66.7 Å². The van der Waals surface area contributed by atoms with Gasteiger partial charge in [-0.05, 0) is 72.1 Å². The molecule has 0 fully saturated rings. The Kier molecular flexibility index (Phi) is 10.4. The molecule has 0 spiro atoms. The summed E-state index contributed by atoms with van der Waals surface area (Å²) in [6.07, 6.45) is 1.54. The van der Waals surface area contributed by atoms with Crippen LogP contribution in [0, 0.1) is 0 Å². The summed E-state index contributed by atoms with van der Waals surface area (Å²) in [5.41, 5.74) is 7.40. The van der Waals surface area contributed by atoms with Crippen molar-refractivity contribution >= 4 is 27.7 Å². The fourth-order valence-corrected chi connectivity index (χ4v) is 4.57. The van der Waals surface area contributed by atoms with Crippen LogP contribution in [-0.2, 0) is 22.4 Å². The van der Waals surface area contributed by atoms with Crippen molar-refractivity contribution in [2.75, 3.05) is 40.6 Å². The molecule has 1 atom stereocenters. The second-order valence-electron chi connectivity index (χ2n) is 9.30. The predicted octanol–water partition coefficient (Wildman–Crippen LogP) is 3.85. The summed E-state index contributed by atoms with van der Waals surface area (Å²) in [7, 11) is 3.24. The van der Waals surface area contributed by atoms with Crippen molar-refractivity contribution in [2.24, 2.45) is 4.99 Å². The average molecular weight is 613 g/mol. The number of carbonyl (C=O) groups is 1. The summed E-state index contributed by atoms with van der Waals surface area (Å²) in [5, 5.41) is 8.94. The van der Waals surface area contributed by atoms with Crippen LogP contribution in [0.3, 0.4) is 0 Å². The van der Waals surface area contributed by atoms with Gasteiger partial charge in [-0.15, -0.1) is 0 Å². The standard InChI is InChI=1S/C30H34BrN3O6/c1-37-26-12-13-27(38-2)23(18-26)14-15-32-34-29(36)30(19-21-4-8-24(31)9-5-21)20-40-28(33-30)22-6-10-25(11-7-22)39-17-3-16-35/h4-13,18,32,35H,3,14-17,19-20H2,1-2H3,(H,34,36)/t30-/m0/s1. The zero-order chi connectivity index (χ0) is 28.4. The number of aliphatic hydroxyl groups excluding tert-OH is 1. The van der Waals surface area contributed by atoms with Crippen molar-refractivity contribution in [3.63, 3.8) is 0 Å². The SMILES string of the molecule is COc1ccc(OC)c(CCNNC(=O)[C@]2(Cc3ccc(Br)cc3)COC(c3ccc(OCCCO)cc3)=N2)c1. The lowest BCUT2D eigenvalue weighted by atomic mass is 9.91. The van der Waals surface area contributed by atoms with E-state index >= 15 is 0 Å². The maximum Gasteiger partial charge on any atom is 0.266 e. The van der Waals surface area contributed by atoms with Gasteiger partial charge in [0.25, 0.3) is 5.91 Å². The summed E-state index contributed by atoms with van der Waals surface area (Å²) < 4.78 is 23.3. The van der Waals surface area contributed by atoms with Gasteiger partial charge in [-0.2, -0.15) is 0 Å². The maximum absolute atomic E-state index is 13.6. The number of hydrogen-bond donors (Lipinski definition) is 3. The molecule has 9 nitrogen and oxygen atoms in total. The molecule has 0 bridgehead atoms. The molecule has 0 radical (unpaired) electrons. The molecule has 0 saturated carbocycles. The van der Waals surface area contributed by atoms with Gasteiger partial charge in [0.05, 0.1) is 20.8 Å². The van der Waals surface area contributed by atoms with E-state index in [4.69, 9.17) is 29.0 Å². The number of nitrogens with zero attached hydrogens (tertiary/aromatic N) is 1. The van der Waals surface area contributed by atoms with E-state index in [1.165, 1.54) is 0 Å². The van der Waals surface area contributed by atoms with Gasteiger partial charge in [-0.1, -0.05) is 28.1 Å². The normalized spacial score (nSPS) is 16.1. The van der Waals surface area contributed by atoms with Crippen molar-refractivity contribution in [2.45, 2.75) is 24.8 Å². The number of ether oxygens (including phenoxy) is 4. The highest BCUT2D eigenvalue weighted by Crippen LogP contribution is 2.28. The van der Waals surface area contributed by atoms with Crippen LogP contribution in [0.25, 0.3) is 0 Å². The molecule has 40 heavy (non-hydrogen) atoms. The fourth-order valence-electron chi connectivity index (χ4n) is 4.30. The molecular weight excluding hydrogens is 578 g/mol. The molecule has 1 heterocycles. The summed E-state index contributed by atoms with van der Waals surface area (Å²) in [6.45, 7) is 1.08. The first-order valence-corrected chi connectivity index (χ1v) is 13.8. The van der Waals surface area contributed by atoms with E-state index in [9.17, 15) is 4.79 Å². The molecule has 1 aliphatic rings. The van der Waals surface area contributed by atoms with E-state index in [0.29, 0.717) is 44.1 Å². The van der Waals surface area contributed by atoms with Gasteiger partial charge in [0.15, 0.2) is 5.54 Å². The van der Waals surface area contributed by atoms with Gasteiger partial charge in [-0.3, -0.25) is 10.2 Å². The lowest BCUT2D eigenvalue weighted by molar-refractivity contribution is -0.127. The number of carbonyl (C=O) groups excluding carboxylic acids is 1. The molecule has 10 heteroatoms. The van der Waals surface area contributed by atoms with Crippen LogP contribution in [0.1, 0.15) is 23.1 Å². The van der Waals surface area contributed by atoms with Gasteiger partial charge >= 0.3 is 0 Å². The fraction of sp³-hybridized carbons (Fsp3) is 0.333. The van der Waals surface area contributed by atoms with Crippen molar-refractivity contribution in [1.82, 2.24) is 10.9 Å². The topological polar surface area (TPSA) is 111 Å². The molecule has 0 aromatic heterocycles. The molecule has 3 aromatic rings. The number of hydrogen-bond acceptors (Lipinski definition) is 8. The van der Waals surface area contributed by atoms with Crippen LogP contribution in [0.2, 0.25) is 0 Å². The molecule has 1 amide bonds. The van der Waals surface area contributed by atoms with Crippen LogP contribution in [-0.4, -0.2) is 63.0 Å². The van der Waals surface area contributed by atoms with Crippen molar-refractivity contribution in [1.29, 1.82) is 0 Å². The van der Waals surface area contributed by atoms with Crippen LogP contribution in [0.4, 0.5) is 0 Å². The van der Waals surface area contributed by atoms with Gasteiger partial charge < -0.3 is 24.1 Å². The second-order valence-corrected chi connectivity index (χ2v) is 10.2. The molecule has 0 aliphatic carbocycles. The minimum absolute atomic E-state index is 0.0787. The maximum atomic E-state index is 13.6. The van der Waals surface area contributed by atoms with E-state index in [2.05, 4.69) is 26.8 Å². The van der Waals surface area contributed by atoms with Crippen LogP contribution < -0.4 is 25.1 Å². The first kappa shape index (κ1) is 29.4. The summed E-state index contributed by atoms with van der Waals surface area (Å²) in [4.78, 5) is 18.4. The lowest BCUT2D eigenvalue weighted by Gasteiger charge is -2.23. The Bertz CT molecular complexity index is 1300. The second kappa shape index (κ2) is 14.2. The quantitative estimate of drug-likeness (QED) is 0.188. The first-order chi connectivity index (χ1) is 19.5. The van der Waals surface area contributed by atoms with Gasteiger partial charge in [0.2, 0.25) is 5.90 Å². The molecule has 3 aromatic carbocycles. The summed E-state index contributed by atoms with van der Waals surface area (Å²) in [6, 6.07) is 20.8.